The van der Waals surface area contributed by atoms with E-state index in [2.05, 4.69) is 25.6 Å². The number of amides is 1. The lowest BCUT2D eigenvalue weighted by molar-refractivity contribution is 0.101. The highest BCUT2D eigenvalue weighted by atomic mass is 32.1. The Morgan fingerprint density at radius 1 is 1.07 bits per heavy atom. The van der Waals surface area contributed by atoms with E-state index in [1.54, 1.807) is 11.4 Å². The van der Waals surface area contributed by atoms with Crippen LogP contribution in [0, 0.1) is 11.6 Å². The normalized spacial score (nSPS) is 10.7. The Balaban J connectivity index is 1.56. The molecule has 1 N–H and O–H groups in total. The third-order valence-corrected chi connectivity index (χ3v) is 4.31. The van der Waals surface area contributed by atoms with Crippen LogP contribution in [0.1, 0.15) is 10.5 Å². The standard InChI is InChI=1S/C17H10F2N6OS/c18-10-2-1-3-12(6-10)25-15(8-21-24-25)16(26)23-17-22-14(9-27-17)13-5-4-11(19)7-20-13/h1-9H,(H,22,23,26). The molecule has 0 saturated heterocycles. The summed E-state index contributed by atoms with van der Waals surface area (Å²) in [6.07, 6.45) is 2.37. The van der Waals surface area contributed by atoms with Gasteiger partial charge in [0.05, 0.1) is 23.8 Å². The van der Waals surface area contributed by atoms with Crippen molar-refractivity contribution in [1.82, 2.24) is 25.0 Å². The van der Waals surface area contributed by atoms with Gasteiger partial charge in [-0.25, -0.2) is 18.4 Å². The van der Waals surface area contributed by atoms with E-state index in [1.165, 1.54) is 52.5 Å². The van der Waals surface area contributed by atoms with E-state index < -0.39 is 17.5 Å². The average Bonchev–Trinajstić information content (AvgIpc) is 3.32. The molecule has 0 aliphatic rings. The van der Waals surface area contributed by atoms with E-state index in [1.807, 2.05) is 0 Å². The molecule has 1 amide bonds. The molecule has 0 spiro atoms. The van der Waals surface area contributed by atoms with Gasteiger partial charge in [0.2, 0.25) is 0 Å². The predicted molar refractivity (Wildman–Crippen MR) is 94.6 cm³/mol. The van der Waals surface area contributed by atoms with Crippen LogP contribution in [0.4, 0.5) is 13.9 Å². The predicted octanol–water partition coefficient (Wildman–Crippen LogP) is 3.32. The zero-order valence-corrected chi connectivity index (χ0v) is 14.3. The lowest BCUT2D eigenvalue weighted by atomic mass is 10.3. The van der Waals surface area contributed by atoms with Crippen LogP contribution in [0.15, 0.2) is 54.2 Å². The van der Waals surface area contributed by atoms with Crippen LogP contribution < -0.4 is 5.32 Å². The third kappa shape index (κ3) is 3.55. The molecule has 7 nitrogen and oxygen atoms in total. The Morgan fingerprint density at radius 2 is 1.96 bits per heavy atom. The molecule has 0 saturated carbocycles. The molecule has 27 heavy (non-hydrogen) atoms. The van der Waals surface area contributed by atoms with Gasteiger partial charge in [0.1, 0.15) is 17.3 Å². The van der Waals surface area contributed by atoms with Crippen LogP contribution in [0.3, 0.4) is 0 Å². The van der Waals surface area contributed by atoms with Crippen molar-refractivity contribution >= 4 is 22.4 Å². The van der Waals surface area contributed by atoms with Gasteiger partial charge in [0, 0.05) is 5.38 Å². The van der Waals surface area contributed by atoms with E-state index in [0.717, 1.165) is 6.20 Å². The lowest BCUT2D eigenvalue weighted by Crippen LogP contribution is -2.17. The van der Waals surface area contributed by atoms with Gasteiger partial charge in [-0.05, 0) is 30.3 Å². The smallest absolute Gasteiger partial charge is 0.277 e. The molecule has 10 heteroatoms. The van der Waals surface area contributed by atoms with Gasteiger partial charge in [0.25, 0.3) is 5.91 Å². The molecule has 0 aliphatic heterocycles. The maximum Gasteiger partial charge on any atom is 0.277 e. The van der Waals surface area contributed by atoms with Gasteiger partial charge in [-0.1, -0.05) is 11.3 Å². The number of carbonyl (C=O) groups is 1. The Bertz CT molecular complexity index is 1110. The summed E-state index contributed by atoms with van der Waals surface area (Å²) in [5.41, 5.74) is 1.48. The van der Waals surface area contributed by atoms with E-state index in [-0.39, 0.29) is 5.69 Å². The average molecular weight is 384 g/mol. The molecule has 3 heterocycles. The molecule has 1 aromatic carbocycles. The van der Waals surface area contributed by atoms with Gasteiger partial charge in [-0.15, -0.1) is 16.4 Å². The zero-order chi connectivity index (χ0) is 18.8. The van der Waals surface area contributed by atoms with Gasteiger partial charge >= 0.3 is 0 Å². The Morgan fingerprint density at radius 3 is 2.74 bits per heavy atom. The van der Waals surface area contributed by atoms with Crippen molar-refractivity contribution in [2.24, 2.45) is 0 Å². The van der Waals surface area contributed by atoms with Crippen LogP contribution in [0.25, 0.3) is 17.1 Å². The highest BCUT2D eigenvalue weighted by Crippen LogP contribution is 2.24. The fraction of sp³-hybridized carbons (Fsp3) is 0. The first-order valence-electron chi connectivity index (χ1n) is 7.65. The summed E-state index contributed by atoms with van der Waals surface area (Å²) < 4.78 is 27.6. The number of benzene rings is 1. The lowest BCUT2D eigenvalue weighted by Gasteiger charge is -2.05. The fourth-order valence-electron chi connectivity index (χ4n) is 2.33. The number of hydrogen-bond donors (Lipinski definition) is 1. The van der Waals surface area contributed by atoms with Crippen molar-refractivity contribution in [3.05, 3.63) is 71.5 Å². The largest absolute Gasteiger partial charge is 0.296 e. The molecule has 0 unspecified atom stereocenters. The van der Waals surface area contributed by atoms with Crippen molar-refractivity contribution in [1.29, 1.82) is 0 Å². The van der Waals surface area contributed by atoms with Gasteiger partial charge in [0.15, 0.2) is 10.8 Å². The minimum atomic E-state index is -0.503. The molecule has 0 bridgehead atoms. The molecule has 134 valence electrons. The zero-order valence-electron chi connectivity index (χ0n) is 13.5. The number of thiazole rings is 1. The second-order valence-electron chi connectivity index (χ2n) is 5.36. The van der Waals surface area contributed by atoms with E-state index in [4.69, 9.17) is 0 Å². The molecule has 0 fully saturated rings. The molecule has 4 aromatic rings. The number of nitrogens with one attached hydrogen (secondary N) is 1. The monoisotopic (exact) mass is 384 g/mol. The minimum absolute atomic E-state index is 0.122. The first kappa shape index (κ1) is 16.9. The van der Waals surface area contributed by atoms with Crippen LogP contribution >= 0.6 is 11.3 Å². The molecule has 3 aromatic heterocycles. The van der Waals surface area contributed by atoms with Gasteiger partial charge < -0.3 is 0 Å². The SMILES string of the molecule is O=C(Nc1nc(-c2ccc(F)cn2)cs1)c1cnnn1-c1cccc(F)c1. The molecule has 0 atom stereocenters. The highest BCUT2D eigenvalue weighted by molar-refractivity contribution is 7.14. The molecule has 4 rings (SSSR count). The summed E-state index contributed by atoms with van der Waals surface area (Å²) in [4.78, 5) is 20.8. The summed E-state index contributed by atoms with van der Waals surface area (Å²) in [6.45, 7) is 0. The second kappa shape index (κ2) is 7.00. The fourth-order valence-corrected chi connectivity index (χ4v) is 3.03. The summed E-state index contributed by atoms with van der Waals surface area (Å²) in [6, 6.07) is 8.43. The van der Waals surface area contributed by atoms with Crippen LogP contribution in [-0.4, -0.2) is 30.9 Å². The number of anilines is 1. The van der Waals surface area contributed by atoms with Crippen LogP contribution in [0.5, 0.6) is 0 Å². The van der Waals surface area contributed by atoms with Gasteiger partial charge in [-0.2, -0.15) is 0 Å². The highest BCUT2D eigenvalue weighted by Gasteiger charge is 2.17. The number of nitrogens with zero attached hydrogens (tertiary/aromatic N) is 5. The number of pyridine rings is 1. The molecular formula is C17H10F2N6OS. The van der Waals surface area contributed by atoms with Gasteiger partial charge in [-0.3, -0.25) is 15.1 Å². The Labute approximate surface area is 155 Å². The van der Waals surface area contributed by atoms with E-state index in [9.17, 15) is 13.6 Å². The van der Waals surface area contributed by atoms with E-state index in [0.29, 0.717) is 22.2 Å². The topological polar surface area (TPSA) is 85.6 Å². The number of hydrogen-bond acceptors (Lipinski definition) is 6. The minimum Gasteiger partial charge on any atom is -0.296 e. The molecule has 0 radical (unpaired) electrons. The second-order valence-corrected chi connectivity index (χ2v) is 6.22. The summed E-state index contributed by atoms with van der Waals surface area (Å²) in [5, 5.41) is 12.2. The molecular weight excluding hydrogens is 374 g/mol. The Hall–Kier alpha value is -3.53. The first-order chi connectivity index (χ1) is 13.1. The van der Waals surface area contributed by atoms with Crippen LogP contribution in [0.2, 0.25) is 0 Å². The third-order valence-electron chi connectivity index (χ3n) is 3.55. The van der Waals surface area contributed by atoms with Crippen LogP contribution in [-0.2, 0) is 0 Å². The summed E-state index contributed by atoms with van der Waals surface area (Å²) >= 11 is 1.19. The number of halogens is 2. The van der Waals surface area contributed by atoms with Crippen molar-refractivity contribution in [3.8, 4) is 17.1 Å². The quantitative estimate of drug-likeness (QED) is 0.583. The first-order valence-corrected chi connectivity index (χ1v) is 8.53. The molecule has 0 aliphatic carbocycles. The number of aromatic nitrogens is 5. The van der Waals surface area contributed by atoms with Crippen molar-refractivity contribution in [2.45, 2.75) is 0 Å². The van der Waals surface area contributed by atoms with E-state index >= 15 is 0 Å². The van der Waals surface area contributed by atoms with Crippen molar-refractivity contribution < 1.29 is 13.6 Å². The maximum atomic E-state index is 13.4. The number of rotatable bonds is 4. The Kier molecular flexibility index (Phi) is 4.38. The number of carbonyl (C=O) groups excluding carboxylic acids is 1. The summed E-state index contributed by atoms with van der Waals surface area (Å²) in [5.74, 6) is -1.40. The summed E-state index contributed by atoms with van der Waals surface area (Å²) in [7, 11) is 0. The van der Waals surface area contributed by atoms with Crippen molar-refractivity contribution in [2.75, 3.05) is 5.32 Å². The maximum absolute atomic E-state index is 13.4. The van der Waals surface area contributed by atoms with Crippen molar-refractivity contribution in [3.63, 3.8) is 0 Å².